The van der Waals surface area contributed by atoms with Crippen LogP contribution in [0.3, 0.4) is 0 Å². The summed E-state index contributed by atoms with van der Waals surface area (Å²) in [5.74, 6) is -7.43. The Kier molecular flexibility index (Phi) is 7.15. The lowest BCUT2D eigenvalue weighted by Gasteiger charge is -2.29. The van der Waals surface area contributed by atoms with Crippen LogP contribution in [0, 0.1) is 0 Å². The standard InChI is InChI=1S/C23H26F2N2O3/c1-2-30-22(29)23(24,25)21(28)26-14-13-20(17-26)27(15-18-9-5-3-6-10-18)16-19-11-7-4-8-12-19/h3-12,20H,2,13-17H2,1H3. The molecular weight excluding hydrogens is 390 g/mol. The average molecular weight is 416 g/mol. The molecule has 0 N–H and O–H groups in total. The fraction of sp³-hybridized carbons (Fsp3) is 0.391. The number of ether oxygens (including phenoxy) is 1. The first kappa shape index (κ1) is 21.9. The Bertz CT molecular complexity index is 805. The summed E-state index contributed by atoms with van der Waals surface area (Å²) in [6, 6.07) is 19.7. The van der Waals surface area contributed by atoms with Gasteiger partial charge in [0.05, 0.1) is 6.61 Å². The molecule has 1 aliphatic heterocycles. The lowest BCUT2D eigenvalue weighted by atomic mass is 10.1. The van der Waals surface area contributed by atoms with Crippen molar-refractivity contribution in [2.75, 3.05) is 19.7 Å². The van der Waals surface area contributed by atoms with E-state index in [2.05, 4.69) is 9.64 Å². The first-order chi connectivity index (χ1) is 14.4. The number of alkyl halides is 2. The number of carbonyl (C=O) groups excluding carboxylic acids is 2. The van der Waals surface area contributed by atoms with Gasteiger partial charge in [0.1, 0.15) is 0 Å². The van der Waals surface area contributed by atoms with Crippen LogP contribution in [0.25, 0.3) is 0 Å². The van der Waals surface area contributed by atoms with Crippen molar-refractivity contribution in [3.63, 3.8) is 0 Å². The van der Waals surface area contributed by atoms with E-state index in [0.717, 1.165) is 16.0 Å². The molecule has 0 bridgehead atoms. The molecule has 7 heteroatoms. The summed E-state index contributed by atoms with van der Waals surface area (Å²) in [4.78, 5) is 27.1. The smallest absolute Gasteiger partial charge is 0.419 e. The monoisotopic (exact) mass is 416 g/mol. The van der Waals surface area contributed by atoms with Gasteiger partial charge < -0.3 is 9.64 Å². The van der Waals surface area contributed by atoms with Crippen LogP contribution < -0.4 is 0 Å². The number of halogens is 2. The van der Waals surface area contributed by atoms with E-state index < -0.39 is 17.8 Å². The Balaban J connectivity index is 1.73. The lowest BCUT2D eigenvalue weighted by molar-refractivity contribution is -0.182. The van der Waals surface area contributed by atoms with Crippen molar-refractivity contribution in [1.82, 2.24) is 9.80 Å². The molecule has 0 saturated carbocycles. The second-order valence-corrected chi connectivity index (χ2v) is 7.36. The SMILES string of the molecule is CCOC(=O)C(F)(F)C(=O)N1CCC(N(Cc2ccccc2)Cc2ccccc2)C1. The number of nitrogens with zero attached hydrogens (tertiary/aromatic N) is 2. The molecule has 1 unspecified atom stereocenters. The zero-order valence-corrected chi connectivity index (χ0v) is 17.0. The average Bonchev–Trinajstić information content (AvgIpc) is 3.24. The highest BCUT2D eigenvalue weighted by atomic mass is 19.3. The van der Waals surface area contributed by atoms with E-state index in [4.69, 9.17) is 0 Å². The highest BCUT2D eigenvalue weighted by Gasteiger charge is 2.52. The summed E-state index contributed by atoms with van der Waals surface area (Å²) in [5, 5.41) is 0. The molecule has 5 nitrogen and oxygen atoms in total. The van der Waals surface area contributed by atoms with E-state index in [0.29, 0.717) is 19.5 Å². The van der Waals surface area contributed by atoms with Gasteiger partial charge in [-0.05, 0) is 24.5 Å². The van der Waals surface area contributed by atoms with Gasteiger partial charge in [-0.1, -0.05) is 60.7 Å². The first-order valence-electron chi connectivity index (χ1n) is 10.1. The predicted octanol–water partition coefficient (Wildman–Crippen LogP) is 3.49. The number of amides is 1. The molecular formula is C23H26F2N2O3. The molecule has 160 valence electrons. The number of hydrogen-bond donors (Lipinski definition) is 0. The minimum Gasteiger partial charge on any atom is -0.461 e. The molecule has 2 aromatic rings. The minimum absolute atomic E-state index is 0.0904. The molecule has 1 aliphatic rings. The van der Waals surface area contributed by atoms with E-state index >= 15 is 0 Å². The van der Waals surface area contributed by atoms with Gasteiger partial charge in [0.25, 0.3) is 0 Å². The molecule has 0 spiro atoms. The Hall–Kier alpha value is -2.80. The number of rotatable bonds is 8. The van der Waals surface area contributed by atoms with Crippen molar-refractivity contribution in [1.29, 1.82) is 0 Å². The fourth-order valence-electron chi connectivity index (χ4n) is 3.68. The van der Waals surface area contributed by atoms with Gasteiger partial charge in [0.15, 0.2) is 0 Å². The quantitative estimate of drug-likeness (QED) is 0.488. The van der Waals surface area contributed by atoms with Crippen LogP contribution in [0.2, 0.25) is 0 Å². The molecule has 1 atom stereocenters. The van der Waals surface area contributed by atoms with Crippen molar-refractivity contribution >= 4 is 11.9 Å². The molecule has 0 aliphatic carbocycles. The van der Waals surface area contributed by atoms with Gasteiger partial charge >= 0.3 is 17.8 Å². The third-order valence-electron chi connectivity index (χ3n) is 5.22. The van der Waals surface area contributed by atoms with E-state index in [1.807, 2.05) is 60.7 Å². The maximum Gasteiger partial charge on any atom is 0.419 e. The molecule has 1 saturated heterocycles. The zero-order chi connectivity index (χ0) is 21.6. The van der Waals surface area contributed by atoms with Crippen molar-refractivity contribution < 1.29 is 23.1 Å². The highest BCUT2D eigenvalue weighted by molar-refractivity contribution is 6.04. The third kappa shape index (κ3) is 5.21. The normalized spacial score (nSPS) is 16.7. The predicted molar refractivity (Wildman–Crippen MR) is 109 cm³/mol. The molecule has 0 radical (unpaired) electrons. The summed E-state index contributed by atoms with van der Waals surface area (Å²) < 4.78 is 32.8. The van der Waals surface area contributed by atoms with E-state index in [9.17, 15) is 18.4 Å². The van der Waals surface area contributed by atoms with E-state index in [-0.39, 0.29) is 25.7 Å². The number of carbonyl (C=O) groups is 2. The molecule has 0 aromatic heterocycles. The van der Waals surface area contributed by atoms with Crippen LogP contribution in [0.4, 0.5) is 8.78 Å². The Morgan fingerprint density at radius 2 is 1.57 bits per heavy atom. The summed E-state index contributed by atoms with van der Waals surface area (Å²) in [6.07, 6.45) is 0.560. The summed E-state index contributed by atoms with van der Waals surface area (Å²) in [6.45, 7) is 2.82. The first-order valence-corrected chi connectivity index (χ1v) is 10.1. The number of likely N-dealkylation sites (tertiary alicyclic amines) is 1. The van der Waals surface area contributed by atoms with E-state index in [1.54, 1.807) is 0 Å². The second-order valence-electron chi connectivity index (χ2n) is 7.36. The molecule has 1 heterocycles. The van der Waals surface area contributed by atoms with Gasteiger partial charge in [-0.3, -0.25) is 9.69 Å². The Morgan fingerprint density at radius 1 is 1.03 bits per heavy atom. The topological polar surface area (TPSA) is 49.9 Å². The van der Waals surface area contributed by atoms with Crippen LogP contribution >= 0.6 is 0 Å². The summed E-state index contributed by atoms with van der Waals surface area (Å²) >= 11 is 0. The largest absolute Gasteiger partial charge is 0.461 e. The van der Waals surface area contributed by atoms with Gasteiger partial charge in [-0.25, -0.2) is 4.79 Å². The Morgan fingerprint density at radius 3 is 2.07 bits per heavy atom. The molecule has 30 heavy (non-hydrogen) atoms. The van der Waals surface area contributed by atoms with Gasteiger partial charge in [-0.15, -0.1) is 0 Å². The van der Waals surface area contributed by atoms with Gasteiger partial charge in [-0.2, -0.15) is 8.78 Å². The highest BCUT2D eigenvalue weighted by Crippen LogP contribution is 2.26. The summed E-state index contributed by atoms with van der Waals surface area (Å²) in [7, 11) is 0. The van der Waals surface area contributed by atoms with Crippen LogP contribution in [-0.2, 0) is 27.4 Å². The fourth-order valence-corrected chi connectivity index (χ4v) is 3.68. The van der Waals surface area contributed by atoms with Crippen molar-refractivity contribution in [2.45, 2.75) is 38.4 Å². The van der Waals surface area contributed by atoms with Crippen LogP contribution in [-0.4, -0.2) is 53.3 Å². The van der Waals surface area contributed by atoms with Crippen molar-refractivity contribution in [3.8, 4) is 0 Å². The summed E-state index contributed by atoms with van der Waals surface area (Å²) in [5.41, 5.74) is 2.21. The minimum atomic E-state index is -4.16. The number of esters is 1. The van der Waals surface area contributed by atoms with Crippen LogP contribution in [0.1, 0.15) is 24.5 Å². The van der Waals surface area contributed by atoms with Crippen LogP contribution in [0.5, 0.6) is 0 Å². The van der Waals surface area contributed by atoms with Gasteiger partial charge in [0, 0.05) is 32.2 Å². The van der Waals surface area contributed by atoms with Crippen molar-refractivity contribution in [3.05, 3.63) is 71.8 Å². The maximum atomic E-state index is 14.2. The lowest BCUT2D eigenvalue weighted by Crippen LogP contribution is -2.49. The number of benzene rings is 2. The van der Waals surface area contributed by atoms with E-state index in [1.165, 1.54) is 6.92 Å². The van der Waals surface area contributed by atoms with Gasteiger partial charge in [0.2, 0.25) is 0 Å². The van der Waals surface area contributed by atoms with Crippen molar-refractivity contribution in [2.24, 2.45) is 0 Å². The maximum absolute atomic E-state index is 14.2. The van der Waals surface area contributed by atoms with Crippen LogP contribution in [0.15, 0.2) is 60.7 Å². The molecule has 3 rings (SSSR count). The molecule has 1 fully saturated rings. The molecule has 1 amide bonds. The zero-order valence-electron chi connectivity index (χ0n) is 17.0. The second kappa shape index (κ2) is 9.80. The molecule has 2 aromatic carbocycles. The third-order valence-corrected chi connectivity index (χ3v) is 5.22. The number of hydrogen-bond acceptors (Lipinski definition) is 4. The Labute approximate surface area is 175 Å².